The van der Waals surface area contributed by atoms with Gasteiger partial charge in [0.1, 0.15) is 5.60 Å². The lowest BCUT2D eigenvalue weighted by atomic mass is 9.72. The number of alkyl halides is 3. The van der Waals surface area contributed by atoms with Crippen LogP contribution in [0, 0.1) is 5.41 Å². The lowest BCUT2D eigenvalue weighted by molar-refractivity contribution is -0.137. The molecule has 2 aliphatic rings. The Morgan fingerprint density at radius 1 is 1.07 bits per heavy atom. The van der Waals surface area contributed by atoms with Crippen LogP contribution in [-0.4, -0.2) is 55.9 Å². The number of likely N-dealkylation sites (tertiary alicyclic amines) is 1. The monoisotopic (exact) mass is 428 g/mol. The van der Waals surface area contributed by atoms with Gasteiger partial charge in [0, 0.05) is 37.3 Å². The maximum Gasteiger partial charge on any atom is 0.418 e. The van der Waals surface area contributed by atoms with Crippen molar-refractivity contribution in [3.63, 3.8) is 0 Å². The van der Waals surface area contributed by atoms with Crippen LogP contribution in [0.5, 0.6) is 0 Å². The van der Waals surface area contributed by atoms with Crippen LogP contribution in [-0.2, 0) is 15.7 Å². The molecule has 0 atom stereocenters. The SMILES string of the molecule is COC(=O)c1ccc(C(F)(F)F)c(N2CCC3(CC2)CN(C(=O)OC(C)(C)C)C3)c1. The average molecular weight is 428 g/mol. The van der Waals surface area contributed by atoms with Crippen LogP contribution < -0.4 is 4.90 Å². The second kappa shape index (κ2) is 7.67. The van der Waals surface area contributed by atoms with Gasteiger partial charge in [0.15, 0.2) is 0 Å². The zero-order chi connectivity index (χ0) is 22.3. The molecule has 0 unspecified atom stereocenters. The van der Waals surface area contributed by atoms with Crippen molar-refractivity contribution in [2.24, 2.45) is 5.41 Å². The fourth-order valence-electron chi connectivity index (χ4n) is 4.04. The number of nitrogens with zero attached hydrogens (tertiary/aromatic N) is 2. The Kier molecular flexibility index (Phi) is 5.68. The minimum atomic E-state index is -4.52. The van der Waals surface area contributed by atoms with Crippen molar-refractivity contribution < 1.29 is 32.2 Å². The third kappa shape index (κ3) is 4.65. The Hall–Kier alpha value is -2.45. The van der Waals surface area contributed by atoms with E-state index in [0.717, 1.165) is 12.1 Å². The van der Waals surface area contributed by atoms with E-state index in [-0.39, 0.29) is 22.8 Å². The number of amides is 1. The molecule has 0 aliphatic carbocycles. The molecule has 0 saturated carbocycles. The fraction of sp³-hybridized carbons (Fsp3) is 0.619. The van der Waals surface area contributed by atoms with E-state index in [1.807, 2.05) is 0 Å². The second-order valence-corrected chi connectivity index (χ2v) is 9.04. The third-order valence-electron chi connectivity index (χ3n) is 5.59. The predicted octanol–water partition coefficient (Wildman–Crippen LogP) is 4.33. The Balaban J connectivity index is 1.69. The summed E-state index contributed by atoms with van der Waals surface area (Å²) in [6.07, 6.45) is -3.57. The number of halogens is 3. The summed E-state index contributed by atoms with van der Waals surface area (Å²) in [7, 11) is 1.19. The lowest BCUT2D eigenvalue weighted by Gasteiger charge is -2.54. The minimum absolute atomic E-state index is 0.0106. The van der Waals surface area contributed by atoms with Gasteiger partial charge in [-0.2, -0.15) is 13.2 Å². The van der Waals surface area contributed by atoms with E-state index in [9.17, 15) is 22.8 Å². The van der Waals surface area contributed by atoms with Gasteiger partial charge in [-0.15, -0.1) is 0 Å². The highest BCUT2D eigenvalue weighted by atomic mass is 19.4. The van der Waals surface area contributed by atoms with Crippen LogP contribution in [0.4, 0.5) is 23.7 Å². The first-order valence-electron chi connectivity index (χ1n) is 9.86. The van der Waals surface area contributed by atoms with E-state index >= 15 is 0 Å². The van der Waals surface area contributed by atoms with Gasteiger partial charge in [-0.05, 0) is 51.8 Å². The number of piperidine rings is 1. The van der Waals surface area contributed by atoms with Gasteiger partial charge in [-0.25, -0.2) is 9.59 Å². The molecule has 2 aliphatic heterocycles. The van der Waals surface area contributed by atoms with Gasteiger partial charge in [-0.1, -0.05) is 0 Å². The van der Waals surface area contributed by atoms with Gasteiger partial charge in [0.25, 0.3) is 0 Å². The number of rotatable bonds is 2. The van der Waals surface area contributed by atoms with E-state index in [0.29, 0.717) is 39.0 Å². The largest absolute Gasteiger partial charge is 0.465 e. The number of methoxy groups -OCH3 is 1. The van der Waals surface area contributed by atoms with Crippen LogP contribution in [0.2, 0.25) is 0 Å². The number of carbonyl (C=O) groups excluding carboxylic acids is 2. The van der Waals surface area contributed by atoms with Gasteiger partial charge in [0.05, 0.1) is 18.2 Å². The van der Waals surface area contributed by atoms with Crippen LogP contribution in [0.3, 0.4) is 0 Å². The van der Waals surface area contributed by atoms with E-state index in [1.165, 1.54) is 13.2 Å². The zero-order valence-corrected chi connectivity index (χ0v) is 17.6. The van der Waals surface area contributed by atoms with Crippen molar-refractivity contribution in [2.75, 3.05) is 38.2 Å². The molecule has 0 aromatic heterocycles. The summed E-state index contributed by atoms with van der Waals surface area (Å²) >= 11 is 0. The first kappa shape index (κ1) is 22.2. The number of ether oxygens (including phenoxy) is 2. The van der Waals surface area contributed by atoms with Crippen molar-refractivity contribution in [2.45, 2.75) is 45.4 Å². The van der Waals surface area contributed by atoms with Gasteiger partial charge in [-0.3, -0.25) is 0 Å². The Labute approximate surface area is 173 Å². The number of anilines is 1. The summed E-state index contributed by atoms with van der Waals surface area (Å²) in [5.74, 6) is -0.676. The summed E-state index contributed by atoms with van der Waals surface area (Å²) < 4.78 is 50.6. The number of carbonyl (C=O) groups is 2. The molecule has 30 heavy (non-hydrogen) atoms. The van der Waals surface area contributed by atoms with Crippen molar-refractivity contribution in [1.29, 1.82) is 0 Å². The molecular weight excluding hydrogens is 401 g/mol. The number of hydrogen-bond acceptors (Lipinski definition) is 5. The van der Waals surface area contributed by atoms with E-state index in [4.69, 9.17) is 4.74 Å². The smallest absolute Gasteiger partial charge is 0.418 e. The van der Waals surface area contributed by atoms with E-state index in [1.54, 1.807) is 30.6 Å². The molecule has 0 N–H and O–H groups in total. The summed E-state index contributed by atoms with van der Waals surface area (Å²) in [4.78, 5) is 27.3. The van der Waals surface area contributed by atoms with Crippen molar-refractivity contribution in [3.8, 4) is 0 Å². The van der Waals surface area contributed by atoms with Crippen molar-refractivity contribution in [3.05, 3.63) is 29.3 Å². The van der Waals surface area contributed by atoms with Crippen LogP contribution in [0.15, 0.2) is 18.2 Å². The average Bonchev–Trinajstić information content (AvgIpc) is 2.63. The Bertz CT molecular complexity index is 817. The summed E-state index contributed by atoms with van der Waals surface area (Å²) in [5, 5.41) is 0. The molecule has 2 heterocycles. The van der Waals surface area contributed by atoms with Crippen LogP contribution >= 0.6 is 0 Å². The first-order chi connectivity index (χ1) is 13.8. The Morgan fingerprint density at radius 2 is 1.67 bits per heavy atom. The van der Waals surface area contributed by atoms with Crippen molar-refractivity contribution in [1.82, 2.24) is 4.90 Å². The fourth-order valence-corrected chi connectivity index (χ4v) is 4.04. The maximum absolute atomic E-state index is 13.5. The number of hydrogen-bond donors (Lipinski definition) is 0. The maximum atomic E-state index is 13.5. The molecule has 1 spiro atoms. The molecule has 9 heteroatoms. The highest BCUT2D eigenvalue weighted by molar-refractivity contribution is 5.91. The molecule has 3 rings (SSSR count). The highest BCUT2D eigenvalue weighted by Gasteiger charge is 2.48. The molecule has 1 amide bonds. The third-order valence-corrected chi connectivity index (χ3v) is 5.59. The molecule has 166 valence electrons. The minimum Gasteiger partial charge on any atom is -0.465 e. The molecule has 2 fully saturated rings. The highest BCUT2D eigenvalue weighted by Crippen LogP contribution is 2.44. The quantitative estimate of drug-likeness (QED) is 0.657. The van der Waals surface area contributed by atoms with Gasteiger partial charge < -0.3 is 19.3 Å². The van der Waals surface area contributed by atoms with Gasteiger partial charge >= 0.3 is 18.2 Å². The molecule has 0 bridgehead atoms. The molecule has 1 aromatic carbocycles. The molecule has 0 radical (unpaired) electrons. The lowest BCUT2D eigenvalue weighted by Crippen LogP contribution is -2.62. The van der Waals surface area contributed by atoms with E-state index < -0.39 is 23.3 Å². The molecule has 6 nitrogen and oxygen atoms in total. The molecule has 2 saturated heterocycles. The second-order valence-electron chi connectivity index (χ2n) is 9.04. The summed E-state index contributed by atoms with van der Waals surface area (Å²) in [5.41, 5.74) is -1.35. The number of esters is 1. The first-order valence-corrected chi connectivity index (χ1v) is 9.86. The zero-order valence-electron chi connectivity index (χ0n) is 17.6. The number of benzene rings is 1. The molecule has 1 aromatic rings. The van der Waals surface area contributed by atoms with Crippen molar-refractivity contribution >= 4 is 17.7 Å². The van der Waals surface area contributed by atoms with Gasteiger partial charge in [0.2, 0.25) is 0 Å². The van der Waals surface area contributed by atoms with Crippen LogP contribution in [0.25, 0.3) is 0 Å². The van der Waals surface area contributed by atoms with E-state index in [2.05, 4.69) is 4.74 Å². The van der Waals surface area contributed by atoms with Crippen LogP contribution in [0.1, 0.15) is 49.5 Å². The molecular formula is C21H27F3N2O4. The summed E-state index contributed by atoms with van der Waals surface area (Å²) in [6.45, 7) is 7.33. The Morgan fingerprint density at radius 3 is 2.17 bits per heavy atom. The predicted molar refractivity (Wildman–Crippen MR) is 104 cm³/mol. The normalized spacial score (nSPS) is 18.8. The standard InChI is InChI=1S/C21H27F3N2O4/c1-19(2,3)30-18(28)26-12-20(13-26)7-9-25(10-8-20)16-11-14(17(27)29-4)5-6-15(16)21(22,23)24/h5-6,11H,7-10,12-13H2,1-4H3. The summed E-state index contributed by atoms with van der Waals surface area (Å²) in [6, 6.07) is 3.31. The topological polar surface area (TPSA) is 59.1 Å².